The second-order valence-electron chi connectivity index (χ2n) is 8.88. The van der Waals surface area contributed by atoms with Gasteiger partial charge in [-0.05, 0) is 24.5 Å². The van der Waals surface area contributed by atoms with Crippen molar-refractivity contribution < 1.29 is 39.0 Å². The Bertz CT molecular complexity index is 1210. The number of aromatic nitrogens is 1. The summed E-state index contributed by atoms with van der Waals surface area (Å²) in [6.45, 7) is -0.872. The number of nitrogens with two attached hydrogens (primary N) is 3. The van der Waals surface area contributed by atoms with Crippen LogP contribution in [-0.4, -0.2) is 81.5 Å². The minimum atomic E-state index is -1.54. The maximum absolute atomic E-state index is 13.0. The number of carboxylic acids is 1. The number of benzene rings is 1. The number of aromatic amines is 1. The summed E-state index contributed by atoms with van der Waals surface area (Å²) in [5, 5.41) is 27.0. The van der Waals surface area contributed by atoms with Gasteiger partial charge in [0.2, 0.25) is 29.5 Å². The van der Waals surface area contributed by atoms with Gasteiger partial charge in [0.15, 0.2) is 0 Å². The first kappa shape index (κ1) is 30.7. The van der Waals surface area contributed by atoms with E-state index in [1.807, 2.05) is 12.1 Å². The maximum atomic E-state index is 13.0. The molecule has 0 fully saturated rings. The van der Waals surface area contributed by atoms with E-state index < -0.39 is 66.3 Å². The Morgan fingerprint density at radius 2 is 1.38 bits per heavy atom. The molecule has 1 aromatic carbocycles. The van der Waals surface area contributed by atoms with Crippen LogP contribution in [0.2, 0.25) is 0 Å². The number of aliphatic hydroxyl groups is 1. The van der Waals surface area contributed by atoms with Crippen LogP contribution < -0.4 is 33.2 Å². The van der Waals surface area contributed by atoms with Gasteiger partial charge in [0.25, 0.3) is 0 Å². The van der Waals surface area contributed by atoms with Crippen LogP contribution in [0.3, 0.4) is 0 Å². The van der Waals surface area contributed by atoms with Crippen LogP contribution in [-0.2, 0) is 35.2 Å². The van der Waals surface area contributed by atoms with E-state index in [4.69, 9.17) is 17.2 Å². The highest BCUT2D eigenvalue weighted by molar-refractivity contribution is 5.94. The minimum Gasteiger partial charge on any atom is -0.480 e. The number of primary amides is 2. The molecule has 0 aliphatic carbocycles. The van der Waals surface area contributed by atoms with Crippen LogP contribution >= 0.6 is 0 Å². The molecule has 15 nitrogen and oxygen atoms in total. The molecule has 0 saturated carbocycles. The monoisotopic (exact) mass is 547 g/mol. The summed E-state index contributed by atoms with van der Waals surface area (Å²) in [5.41, 5.74) is 17.3. The second kappa shape index (κ2) is 14.4. The number of hydrogen-bond acceptors (Lipinski definition) is 8. The lowest BCUT2D eigenvalue weighted by molar-refractivity contribution is -0.142. The van der Waals surface area contributed by atoms with Crippen molar-refractivity contribution in [2.75, 3.05) is 6.61 Å². The molecule has 39 heavy (non-hydrogen) atoms. The number of carboxylic acid groups (broad SMARTS) is 1. The number of aliphatic carboxylic acids is 1. The van der Waals surface area contributed by atoms with Crippen molar-refractivity contribution >= 4 is 46.4 Å². The van der Waals surface area contributed by atoms with Crippen molar-refractivity contribution in [3.8, 4) is 0 Å². The number of carbonyl (C=O) groups is 6. The lowest BCUT2D eigenvalue weighted by atomic mass is 10.0. The van der Waals surface area contributed by atoms with E-state index >= 15 is 0 Å². The first-order valence-electron chi connectivity index (χ1n) is 12.0. The van der Waals surface area contributed by atoms with Crippen molar-refractivity contribution in [2.45, 2.75) is 56.3 Å². The molecule has 1 aromatic heterocycles. The lowest BCUT2D eigenvalue weighted by Gasteiger charge is -2.24. The van der Waals surface area contributed by atoms with E-state index in [0.29, 0.717) is 5.56 Å². The van der Waals surface area contributed by atoms with Crippen LogP contribution in [0.15, 0.2) is 30.5 Å². The van der Waals surface area contributed by atoms with Gasteiger partial charge in [0.1, 0.15) is 18.1 Å². The number of aliphatic hydroxyl groups excluding tert-OH is 1. The topological polar surface area (TPSA) is 273 Å². The van der Waals surface area contributed by atoms with Crippen molar-refractivity contribution in [3.63, 3.8) is 0 Å². The number of para-hydroxylation sites is 1. The van der Waals surface area contributed by atoms with Gasteiger partial charge >= 0.3 is 5.97 Å². The zero-order valence-corrected chi connectivity index (χ0v) is 21.0. The fourth-order valence-corrected chi connectivity index (χ4v) is 3.72. The molecule has 0 bridgehead atoms. The second-order valence-corrected chi connectivity index (χ2v) is 8.88. The van der Waals surface area contributed by atoms with Crippen LogP contribution in [0.4, 0.5) is 0 Å². The number of hydrogen-bond donors (Lipinski definition) is 9. The predicted octanol–water partition coefficient (Wildman–Crippen LogP) is -2.90. The normalized spacial score (nSPS) is 14.0. The summed E-state index contributed by atoms with van der Waals surface area (Å²) in [5.74, 6) is -5.56. The first-order chi connectivity index (χ1) is 18.4. The van der Waals surface area contributed by atoms with Crippen LogP contribution in [0, 0.1) is 0 Å². The van der Waals surface area contributed by atoms with Crippen molar-refractivity contribution in [2.24, 2.45) is 17.2 Å². The van der Waals surface area contributed by atoms with Gasteiger partial charge in [-0.25, -0.2) is 4.79 Å². The summed E-state index contributed by atoms with van der Waals surface area (Å²) in [6.07, 6.45) is 0.659. The number of fused-ring (bicyclic) bond motifs is 1. The molecule has 0 aliphatic heterocycles. The minimum absolute atomic E-state index is 0.0832. The quantitative estimate of drug-likeness (QED) is 0.104. The van der Waals surface area contributed by atoms with Crippen LogP contribution in [0.5, 0.6) is 0 Å². The number of nitrogens with one attached hydrogen (secondary N) is 4. The van der Waals surface area contributed by atoms with Gasteiger partial charge in [0.05, 0.1) is 12.6 Å². The number of amides is 5. The van der Waals surface area contributed by atoms with Crippen LogP contribution in [0.25, 0.3) is 10.9 Å². The number of carbonyl (C=O) groups excluding carboxylic acids is 5. The molecular formula is C24H33N7O8. The average molecular weight is 548 g/mol. The standard InChI is InChI=1S/C24H33N7O8/c25-14(5-7-19(26)33)21(35)31-18(11-32)23(37)29-16(6-8-20(27)34)22(36)30-17(24(38)39)9-12-10-28-15-4-2-1-3-13(12)15/h1-4,10,14,16-18,28,32H,5-9,11,25H2,(H2,26,33)(H2,27,34)(H,29,37)(H,30,36)(H,31,35)(H,38,39). The highest BCUT2D eigenvalue weighted by Gasteiger charge is 2.30. The van der Waals surface area contributed by atoms with Gasteiger partial charge < -0.3 is 48.3 Å². The van der Waals surface area contributed by atoms with Crippen LogP contribution in [0.1, 0.15) is 31.2 Å². The third-order valence-electron chi connectivity index (χ3n) is 5.88. The van der Waals surface area contributed by atoms with Gasteiger partial charge in [0, 0.05) is 36.4 Å². The average Bonchev–Trinajstić information content (AvgIpc) is 3.29. The molecule has 0 aliphatic rings. The summed E-state index contributed by atoms with van der Waals surface area (Å²) in [4.78, 5) is 75.2. The molecule has 4 atom stereocenters. The summed E-state index contributed by atoms with van der Waals surface area (Å²) >= 11 is 0. The molecule has 0 spiro atoms. The molecule has 212 valence electrons. The molecule has 0 saturated heterocycles. The number of H-pyrrole nitrogens is 1. The van der Waals surface area contributed by atoms with E-state index in [9.17, 15) is 39.0 Å². The Hall–Kier alpha value is -4.50. The lowest BCUT2D eigenvalue weighted by Crippen LogP contribution is -2.58. The fraction of sp³-hybridized carbons (Fsp3) is 0.417. The number of rotatable bonds is 16. The first-order valence-corrected chi connectivity index (χ1v) is 12.0. The Balaban J connectivity index is 2.12. The third kappa shape index (κ3) is 9.39. The van der Waals surface area contributed by atoms with E-state index in [2.05, 4.69) is 20.9 Å². The largest absolute Gasteiger partial charge is 0.480 e. The molecule has 2 aromatic rings. The predicted molar refractivity (Wildman–Crippen MR) is 137 cm³/mol. The zero-order valence-electron chi connectivity index (χ0n) is 21.0. The van der Waals surface area contributed by atoms with Gasteiger partial charge in [-0.1, -0.05) is 18.2 Å². The highest BCUT2D eigenvalue weighted by atomic mass is 16.4. The van der Waals surface area contributed by atoms with Crippen molar-refractivity contribution in [1.29, 1.82) is 0 Å². The Kier molecular flexibility index (Phi) is 11.4. The Morgan fingerprint density at radius 1 is 0.821 bits per heavy atom. The van der Waals surface area contributed by atoms with Crippen molar-refractivity contribution in [3.05, 3.63) is 36.0 Å². The molecule has 4 unspecified atom stereocenters. The van der Waals surface area contributed by atoms with E-state index in [1.54, 1.807) is 18.3 Å². The van der Waals surface area contributed by atoms with E-state index in [0.717, 1.165) is 10.9 Å². The Morgan fingerprint density at radius 3 is 2.00 bits per heavy atom. The molecule has 5 amide bonds. The van der Waals surface area contributed by atoms with E-state index in [-0.39, 0.29) is 32.1 Å². The molecule has 1 heterocycles. The Labute approximate surface area is 222 Å². The zero-order chi connectivity index (χ0) is 29.1. The van der Waals surface area contributed by atoms with Gasteiger partial charge in [-0.3, -0.25) is 24.0 Å². The summed E-state index contributed by atoms with van der Waals surface area (Å²) < 4.78 is 0. The SMILES string of the molecule is NC(=O)CCC(N)C(=O)NC(CO)C(=O)NC(CCC(N)=O)C(=O)NC(Cc1c[nH]c2ccccc12)C(=O)O. The van der Waals surface area contributed by atoms with Gasteiger partial charge in [-0.15, -0.1) is 0 Å². The highest BCUT2D eigenvalue weighted by Crippen LogP contribution is 2.19. The fourth-order valence-electron chi connectivity index (χ4n) is 3.72. The molecule has 0 radical (unpaired) electrons. The van der Waals surface area contributed by atoms with Crippen molar-refractivity contribution in [1.82, 2.24) is 20.9 Å². The van der Waals surface area contributed by atoms with Gasteiger partial charge in [-0.2, -0.15) is 0 Å². The smallest absolute Gasteiger partial charge is 0.326 e. The maximum Gasteiger partial charge on any atom is 0.326 e. The molecule has 2 rings (SSSR count). The summed E-state index contributed by atoms with van der Waals surface area (Å²) in [6, 6.07) is 1.64. The third-order valence-corrected chi connectivity index (χ3v) is 5.88. The molecule has 15 heteroatoms. The summed E-state index contributed by atoms with van der Waals surface area (Å²) in [7, 11) is 0. The molecular weight excluding hydrogens is 514 g/mol. The molecule has 12 N–H and O–H groups in total. The van der Waals surface area contributed by atoms with E-state index in [1.165, 1.54) is 0 Å².